The Kier molecular flexibility index (Phi) is 2.63. The maximum atomic E-state index is 11.2. The minimum atomic E-state index is -0.187. The van der Waals surface area contributed by atoms with Gasteiger partial charge in [-0.2, -0.15) is 10.5 Å². The molecule has 1 aliphatic carbocycles. The first kappa shape index (κ1) is 9.24. The number of nitriles is 2. The summed E-state index contributed by atoms with van der Waals surface area (Å²) >= 11 is 0. The molecule has 1 amide bonds. The first-order valence-corrected chi connectivity index (χ1v) is 3.86. The maximum absolute atomic E-state index is 11.2. The molecule has 5 heteroatoms. The van der Waals surface area contributed by atoms with Crippen LogP contribution in [0.4, 0.5) is 0 Å². The monoisotopic (exact) mass is 177 g/mol. The summed E-state index contributed by atoms with van der Waals surface area (Å²) in [6.07, 6.45) is 1.73. The van der Waals surface area contributed by atoms with E-state index in [-0.39, 0.29) is 23.2 Å². The van der Waals surface area contributed by atoms with E-state index in [9.17, 15) is 4.79 Å². The Morgan fingerprint density at radius 3 is 2.38 bits per heavy atom. The van der Waals surface area contributed by atoms with E-state index in [0.29, 0.717) is 0 Å². The fourth-order valence-electron chi connectivity index (χ4n) is 0.798. The fourth-order valence-corrected chi connectivity index (χ4v) is 0.798. The summed E-state index contributed by atoms with van der Waals surface area (Å²) in [7, 11) is 0. The Morgan fingerprint density at radius 1 is 1.38 bits per heavy atom. The van der Waals surface area contributed by atoms with Gasteiger partial charge in [-0.1, -0.05) is 0 Å². The molecule has 0 bridgehead atoms. The van der Waals surface area contributed by atoms with Crippen LogP contribution in [0.5, 0.6) is 0 Å². The van der Waals surface area contributed by atoms with E-state index in [0.717, 1.165) is 12.8 Å². The molecule has 0 saturated heterocycles. The van der Waals surface area contributed by atoms with Gasteiger partial charge < -0.3 is 11.1 Å². The average molecular weight is 177 g/mol. The smallest absolute Gasteiger partial charge is 0.240 e. The van der Waals surface area contributed by atoms with Crippen molar-refractivity contribution >= 4 is 5.91 Å². The molecule has 13 heavy (non-hydrogen) atoms. The number of nitrogens with one attached hydrogen (secondary N) is 1. The van der Waals surface area contributed by atoms with Crippen molar-refractivity contribution < 1.29 is 10.5 Å². The van der Waals surface area contributed by atoms with Gasteiger partial charge in [-0.3, -0.25) is 4.79 Å². The zero-order valence-corrected chi connectivity index (χ0v) is 7.00. The Morgan fingerprint density at radius 2 is 2.00 bits per heavy atom. The third kappa shape index (κ3) is 2.29. The van der Waals surface area contributed by atoms with Crippen LogP contribution in [0, 0.1) is 28.6 Å². The van der Waals surface area contributed by atoms with Crippen molar-refractivity contribution in [3.8, 4) is 12.1 Å². The average Bonchev–Trinajstić information content (AvgIpc) is 2.95. The van der Waals surface area contributed by atoms with Gasteiger partial charge in [0.2, 0.25) is 11.6 Å². The fraction of sp³-hybridized carbons (Fsp3) is 0.375. The van der Waals surface area contributed by atoms with Crippen molar-refractivity contribution in [3.05, 3.63) is 11.4 Å². The minimum Gasteiger partial charge on any atom is -0.314 e. The Hall–Kier alpha value is -1.85. The summed E-state index contributed by atoms with van der Waals surface area (Å²) in [5.41, 5.74) is 3.30. The molecule has 0 unspecified atom stereocenters. The zero-order chi connectivity index (χ0) is 9.84. The first-order chi connectivity index (χ1) is 6.19. The molecule has 0 aliphatic heterocycles. The van der Waals surface area contributed by atoms with Crippen LogP contribution in [0.2, 0.25) is 0 Å². The zero-order valence-electron chi connectivity index (χ0n) is 7.00. The van der Waals surface area contributed by atoms with E-state index < -0.39 is 0 Å². The number of quaternary nitrogens is 1. The van der Waals surface area contributed by atoms with E-state index >= 15 is 0 Å². The summed E-state index contributed by atoms with van der Waals surface area (Å²) in [5.74, 6) is -0.164. The van der Waals surface area contributed by atoms with Crippen molar-refractivity contribution in [2.24, 2.45) is 5.92 Å². The lowest BCUT2D eigenvalue weighted by atomic mass is 10.3. The van der Waals surface area contributed by atoms with E-state index in [1.165, 1.54) is 0 Å². The number of allylic oxidation sites excluding steroid dienone is 2. The quantitative estimate of drug-likeness (QED) is 0.529. The lowest BCUT2D eigenvalue weighted by Gasteiger charge is -1.98. The molecule has 0 aromatic carbocycles. The molecule has 4 N–H and O–H groups in total. The van der Waals surface area contributed by atoms with Crippen molar-refractivity contribution in [1.29, 1.82) is 10.5 Å². The molecular formula is C8H9N4O+. The third-order valence-electron chi connectivity index (χ3n) is 1.74. The summed E-state index contributed by atoms with van der Waals surface area (Å²) in [6, 6.07) is 3.44. The maximum Gasteiger partial charge on any atom is 0.240 e. The molecule has 1 rings (SSSR count). The highest BCUT2D eigenvalue weighted by atomic mass is 16.2. The largest absolute Gasteiger partial charge is 0.314 e. The molecule has 1 aliphatic rings. The van der Waals surface area contributed by atoms with Gasteiger partial charge in [-0.25, -0.2) is 0 Å². The molecule has 5 nitrogen and oxygen atoms in total. The van der Waals surface area contributed by atoms with Gasteiger partial charge in [0.1, 0.15) is 6.07 Å². The van der Waals surface area contributed by atoms with Crippen LogP contribution in [-0.2, 0) is 4.79 Å². The second-order valence-electron chi connectivity index (χ2n) is 2.84. The van der Waals surface area contributed by atoms with Crippen LogP contribution in [0.25, 0.3) is 0 Å². The highest BCUT2D eigenvalue weighted by Crippen LogP contribution is 2.28. The minimum absolute atomic E-state index is 0.00324. The van der Waals surface area contributed by atoms with Crippen LogP contribution in [0.3, 0.4) is 0 Å². The number of carbonyl (C=O) groups excluding carboxylic acids is 1. The van der Waals surface area contributed by atoms with E-state index in [4.69, 9.17) is 10.5 Å². The second-order valence-corrected chi connectivity index (χ2v) is 2.84. The van der Waals surface area contributed by atoms with Gasteiger partial charge in [-0.15, -0.1) is 0 Å². The van der Waals surface area contributed by atoms with Crippen molar-refractivity contribution in [2.45, 2.75) is 12.8 Å². The predicted molar refractivity (Wildman–Crippen MR) is 42.0 cm³/mol. The standard InChI is InChI=1S/C8H8N4O/c9-3-6(11)7(4-10)12-8(13)5-1-2-5/h5H,1-2,11H2,(H,12,13)/p+1. The molecule has 66 valence electrons. The first-order valence-electron chi connectivity index (χ1n) is 3.86. The van der Waals surface area contributed by atoms with Crippen LogP contribution in [-0.4, -0.2) is 5.91 Å². The predicted octanol–water partition coefficient (Wildman–Crippen LogP) is -0.987. The highest BCUT2D eigenvalue weighted by Gasteiger charge is 2.30. The Bertz CT molecular complexity index is 340. The molecule has 1 saturated carbocycles. The lowest BCUT2D eigenvalue weighted by molar-refractivity contribution is -0.294. The summed E-state index contributed by atoms with van der Waals surface area (Å²) in [4.78, 5) is 11.2. The summed E-state index contributed by atoms with van der Waals surface area (Å²) in [5, 5.41) is 19.4. The normalized spacial score (nSPS) is 16.5. The molecule has 0 aromatic heterocycles. The molecule has 0 aromatic rings. The van der Waals surface area contributed by atoms with Gasteiger partial charge in [0.05, 0.1) is 0 Å². The van der Waals surface area contributed by atoms with E-state index in [2.05, 4.69) is 11.1 Å². The highest BCUT2D eigenvalue weighted by molar-refractivity contribution is 5.83. The molecule has 0 atom stereocenters. The molecular weight excluding hydrogens is 168 g/mol. The molecule has 0 radical (unpaired) electrons. The lowest BCUT2D eigenvalue weighted by Crippen LogP contribution is -2.49. The van der Waals surface area contributed by atoms with Gasteiger partial charge in [0.15, 0.2) is 11.8 Å². The summed E-state index contributed by atoms with van der Waals surface area (Å²) in [6.45, 7) is 0. The van der Waals surface area contributed by atoms with Crippen LogP contribution >= 0.6 is 0 Å². The van der Waals surface area contributed by atoms with Gasteiger partial charge in [0.25, 0.3) is 0 Å². The van der Waals surface area contributed by atoms with E-state index in [1.54, 1.807) is 12.1 Å². The number of carbonyl (C=O) groups is 1. The van der Waals surface area contributed by atoms with Crippen molar-refractivity contribution in [2.75, 3.05) is 0 Å². The van der Waals surface area contributed by atoms with Gasteiger partial charge >= 0.3 is 0 Å². The molecule has 0 heterocycles. The third-order valence-corrected chi connectivity index (χ3v) is 1.74. The van der Waals surface area contributed by atoms with Crippen molar-refractivity contribution in [1.82, 2.24) is 5.32 Å². The van der Waals surface area contributed by atoms with Crippen LogP contribution < -0.4 is 11.1 Å². The number of hydrogen-bond donors (Lipinski definition) is 2. The molecule has 0 spiro atoms. The van der Waals surface area contributed by atoms with Crippen molar-refractivity contribution in [3.63, 3.8) is 0 Å². The Labute approximate surface area is 75.4 Å². The van der Waals surface area contributed by atoms with E-state index in [1.807, 2.05) is 0 Å². The topological polar surface area (TPSA) is 104 Å². The number of rotatable bonds is 2. The SMILES string of the molecule is N#CC([NH3+])=C(C#N)NC(=O)C1CC1. The number of nitrogens with zero attached hydrogens (tertiary/aromatic N) is 2. The van der Waals surface area contributed by atoms with Gasteiger partial charge in [0, 0.05) is 5.92 Å². The number of hydrogen-bond acceptors (Lipinski definition) is 3. The van der Waals surface area contributed by atoms with Crippen LogP contribution in [0.1, 0.15) is 12.8 Å². The second kappa shape index (κ2) is 3.70. The van der Waals surface area contributed by atoms with Crippen LogP contribution in [0.15, 0.2) is 11.4 Å². The Balaban J connectivity index is 2.66. The van der Waals surface area contributed by atoms with Gasteiger partial charge in [-0.05, 0) is 12.8 Å². The molecule has 1 fully saturated rings. The summed E-state index contributed by atoms with van der Waals surface area (Å²) < 4.78 is 0. The number of amides is 1.